The number of hydrogen-bond donors (Lipinski definition) is 1. The van der Waals surface area contributed by atoms with Gasteiger partial charge in [-0.25, -0.2) is 0 Å². The summed E-state index contributed by atoms with van der Waals surface area (Å²) in [5.74, 6) is -0.0757. The molecule has 1 aliphatic rings. The highest BCUT2D eigenvalue weighted by Crippen LogP contribution is 2.03. The number of carbonyl (C=O) groups excluding carboxylic acids is 1. The molecule has 0 aromatic rings. The van der Waals surface area contributed by atoms with Crippen LogP contribution in [0.1, 0.15) is 0 Å². The SMILES string of the molecule is O=C1C=CC(Br)C=CN1. The molecule has 1 unspecified atom stereocenters. The van der Waals surface area contributed by atoms with Crippen LogP contribution < -0.4 is 5.32 Å². The van der Waals surface area contributed by atoms with Gasteiger partial charge in [-0.3, -0.25) is 4.79 Å². The zero-order chi connectivity index (χ0) is 6.69. The van der Waals surface area contributed by atoms with E-state index < -0.39 is 0 Å². The predicted octanol–water partition coefficient (Wildman–Crippen LogP) is 0.950. The molecule has 1 heterocycles. The topological polar surface area (TPSA) is 29.1 Å². The number of alkyl halides is 1. The first-order valence-corrected chi connectivity index (χ1v) is 3.50. The maximum Gasteiger partial charge on any atom is 0.247 e. The Balaban J connectivity index is 2.68. The van der Waals surface area contributed by atoms with Gasteiger partial charge < -0.3 is 5.32 Å². The van der Waals surface area contributed by atoms with Crippen molar-refractivity contribution in [3.63, 3.8) is 0 Å². The molecular weight excluding hydrogens is 182 g/mol. The molecule has 0 aliphatic carbocycles. The van der Waals surface area contributed by atoms with Crippen molar-refractivity contribution in [3.05, 3.63) is 24.4 Å². The van der Waals surface area contributed by atoms with Crippen LogP contribution in [0.2, 0.25) is 0 Å². The fourth-order valence-corrected chi connectivity index (χ4v) is 0.819. The van der Waals surface area contributed by atoms with Crippen LogP contribution in [-0.4, -0.2) is 10.7 Å². The molecule has 0 aromatic carbocycles. The first-order chi connectivity index (χ1) is 4.29. The number of halogens is 1. The van der Waals surface area contributed by atoms with Gasteiger partial charge in [0.15, 0.2) is 0 Å². The average Bonchev–Trinajstić information content (AvgIpc) is 1.97. The Labute approximate surface area is 61.8 Å². The molecule has 0 saturated heterocycles. The van der Waals surface area contributed by atoms with Crippen molar-refractivity contribution in [2.24, 2.45) is 0 Å². The minimum Gasteiger partial charge on any atom is -0.329 e. The largest absolute Gasteiger partial charge is 0.329 e. The van der Waals surface area contributed by atoms with Crippen molar-refractivity contribution < 1.29 is 4.79 Å². The number of allylic oxidation sites excluding steroid dienone is 2. The Morgan fingerprint density at radius 2 is 2.33 bits per heavy atom. The molecule has 0 radical (unpaired) electrons. The van der Waals surface area contributed by atoms with E-state index in [2.05, 4.69) is 21.2 Å². The van der Waals surface area contributed by atoms with E-state index in [0.29, 0.717) is 0 Å². The normalized spacial score (nSPS) is 25.4. The second kappa shape index (κ2) is 2.82. The maximum atomic E-state index is 10.6. The van der Waals surface area contributed by atoms with Crippen molar-refractivity contribution in [3.8, 4) is 0 Å². The fraction of sp³-hybridized carbons (Fsp3) is 0.167. The molecule has 0 aromatic heterocycles. The van der Waals surface area contributed by atoms with Gasteiger partial charge in [-0.1, -0.05) is 28.1 Å². The van der Waals surface area contributed by atoms with Crippen LogP contribution in [0.25, 0.3) is 0 Å². The highest BCUT2D eigenvalue weighted by atomic mass is 79.9. The maximum absolute atomic E-state index is 10.6. The van der Waals surface area contributed by atoms with Crippen molar-refractivity contribution in [1.29, 1.82) is 0 Å². The first-order valence-electron chi connectivity index (χ1n) is 2.58. The van der Waals surface area contributed by atoms with E-state index in [0.717, 1.165) is 0 Å². The van der Waals surface area contributed by atoms with E-state index >= 15 is 0 Å². The Kier molecular flexibility index (Phi) is 2.05. The number of nitrogens with one attached hydrogen (secondary N) is 1. The van der Waals surface area contributed by atoms with Gasteiger partial charge in [-0.2, -0.15) is 0 Å². The Bertz CT molecular complexity index is 174. The molecule has 2 nitrogen and oxygen atoms in total. The quantitative estimate of drug-likeness (QED) is 0.563. The van der Waals surface area contributed by atoms with Gasteiger partial charge in [0.2, 0.25) is 5.91 Å². The fourth-order valence-electron chi connectivity index (χ4n) is 0.514. The van der Waals surface area contributed by atoms with Crippen LogP contribution in [-0.2, 0) is 4.79 Å². The van der Waals surface area contributed by atoms with E-state index in [9.17, 15) is 4.79 Å². The van der Waals surface area contributed by atoms with Gasteiger partial charge in [0.1, 0.15) is 0 Å². The number of rotatable bonds is 0. The van der Waals surface area contributed by atoms with Gasteiger partial charge in [0.25, 0.3) is 0 Å². The molecule has 1 rings (SSSR count). The summed E-state index contributed by atoms with van der Waals surface area (Å²) in [5, 5.41) is 2.54. The molecule has 1 N–H and O–H groups in total. The van der Waals surface area contributed by atoms with Crippen molar-refractivity contribution in [2.75, 3.05) is 0 Å². The third-order valence-electron chi connectivity index (χ3n) is 0.937. The van der Waals surface area contributed by atoms with Crippen LogP contribution in [0.15, 0.2) is 24.4 Å². The number of hydrogen-bond acceptors (Lipinski definition) is 1. The summed E-state index contributed by atoms with van der Waals surface area (Å²) in [6.45, 7) is 0. The average molecular weight is 188 g/mol. The van der Waals surface area contributed by atoms with Crippen LogP contribution in [0, 0.1) is 0 Å². The smallest absolute Gasteiger partial charge is 0.247 e. The summed E-state index contributed by atoms with van der Waals surface area (Å²) >= 11 is 3.30. The van der Waals surface area contributed by atoms with Gasteiger partial charge in [0.05, 0.1) is 4.83 Å². The Morgan fingerprint density at radius 3 is 3.11 bits per heavy atom. The molecule has 0 fully saturated rings. The van der Waals surface area contributed by atoms with E-state index in [1.807, 2.05) is 6.08 Å². The molecule has 1 amide bonds. The zero-order valence-electron chi connectivity index (χ0n) is 4.67. The minimum absolute atomic E-state index is 0.0757. The lowest BCUT2D eigenvalue weighted by Gasteiger charge is -1.87. The number of amides is 1. The van der Waals surface area contributed by atoms with Crippen molar-refractivity contribution in [1.82, 2.24) is 5.32 Å². The summed E-state index contributed by atoms with van der Waals surface area (Å²) in [5.41, 5.74) is 0. The van der Waals surface area contributed by atoms with Crippen LogP contribution in [0.5, 0.6) is 0 Å². The van der Waals surface area contributed by atoms with Crippen LogP contribution in [0.3, 0.4) is 0 Å². The molecule has 1 aliphatic heterocycles. The van der Waals surface area contributed by atoms with Crippen molar-refractivity contribution in [2.45, 2.75) is 4.83 Å². The summed E-state index contributed by atoms with van der Waals surface area (Å²) < 4.78 is 0. The minimum atomic E-state index is -0.0757. The zero-order valence-corrected chi connectivity index (χ0v) is 6.26. The molecule has 3 heteroatoms. The molecule has 0 saturated carbocycles. The van der Waals surface area contributed by atoms with E-state index in [4.69, 9.17) is 0 Å². The second-order valence-electron chi connectivity index (χ2n) is 1.67. The molecule has 9 heavy (non-hydrogen) atoms. The Morgan fingerprint density at radius 1 is 1.56 bits per heavy atom. The van der Waals surface area contributed by atoms with Gasteiger partial charge in [-0.05, 0) is 0 Å². The molecule has 1 atom stereocenters. The summed E-state index contributed by atoms with van der Waals surface area (Å²) in [6.07, 6.45) is 6.75. The lowest BCUT2D eigenvalue weighted by molar-refractivity contribution is -0.115. The lowest BCUT2D eigenvalue weighted by Crippen LogP contribution is -2.11. The highest BCUT2D eigenvalue weighted by molar-refractivity contribution is 9.09. The predicted molar refractivity (Wildman–Crippen MR) is 39.1 cm³/mol. The third kappa shape index (κ3) is 2.01. The van der Waals surface area contributed by atoms with Crippen LogP contribution in [0.4, 0.5) is 0 Å². The third-order valence-corrected chi connectivity index (χ3v) is 1.55. The van der Waals surface area contributed by atoms with E-state index in [1.165, 1.54) is 6.08 Å². The van der Waals surface area contributed by atoms with Gasteiger partial charge in [-0.15, -0.1) is 0 Å². The molecule has 0 spiro atoms. The van der Waals surface area contributed by atoms with E-state index in [1.54, 1.807) is 12.3 Å². The molecular formula is C6H6BrNO. The van der Waals surface area contributed by atoms with Crippen molar-refractivity contribution >= 4 is 21.8 Å². The number of carbonyl (C=O) groups is 1. The van der Waals surface area contributed by atoms with Gasteiger partial charge >= 0.3 is 0 Å². The monoisotopic (exact) mass is 187 g/mol. The molecule has 48 valence electrons. The summed E-state index contributed by atoms with van der Waals surface area (Å²) in [7, 11) is 0. The summed E-state index contributed by atoms with van der Waals surface area (Å²) in [4.78, 5) is 10.7. The van der Waals surface area contributed by atoms with E-state index in [-0.39, 0.29) is 10.7 Å². The molecule has 0 bridgehead atoms. The summed E-state index contributed by atoms with van der Waals surface area (Å²) in [6, 6.07) is 0. The standard InChI is InChI=1S/C6H6BrNO/c7-5-1-2-6(9)8-4-3-5/h1-5H,(H,8,9). The Hall–Kier alpha value is -0.570. The van der Waals surface area contributed by atoms with Gasteiger partial charge in [0, 0.05) is 12.3 Å². The first kappa shape index (κ1) is 6.55. The highest BCUT2D eigenvalue weighted by Gasteiger charge is 1.98. The lowest BCUT2D eigenvalue weighted by atomic mass is 10.4. The second-order valence-corrected chi connectivity index (χ2v) is 2.73. The van der Waals surface area contributed by atoms with Crippen LogP contribution >= 0.6 is 15.9 Å².